The number of hydrogen-bond donors (Lipinski definition) is 1. The van der Waals surface area contributed by atoms with Gasteiger partial charge in [0.1, 0.15) is 5.69 Å². The lowest BCUT2D eigenvalue weighted by atomic mass is 9.90. The van der Waals surface area contributed by atoms with Crippen LogP contribution in [0.4, 0.5) is 4.39 Å². The van der Waals surface area contributed by atoms with Crippen LogP contribution in [0.2, 0.25) is 0 Å². The Bertz CT molecular complexity index is 1040. The van der Waals surface area contributed by atoms with Crippen LogP contribution in [0.5, 0.6) is 0 Å². The van der Waals surface area contributed by atoms with Gasteiger partial charge in [0.2, 0.25) is 0 Å². The first-order valence-electron chi connectivity index (χ1n) is 11.5. The molecule has 3 unspecified atom stereocenters. The van der Waals surface area contributed by atoms with Gasteiger partial charge in [-0.2, -0.15) is 5.10 Å². The Morgan fingerprint density at radius 2 is 2.10 bits per heavy atom. The zero-order valence-electron chi connectivity index (χ0n) is 18.9. The number of fused-ring (bicyclic) bond motifs is 2. The highest BCUT2D eigenvalue weighted by molar-refractivity contribution is 6.00. The van der Waals surface area contributed by atoms with E-state index in [-0.39, 0.29) is 29.6 Å². The van der Waals surface area contributed by atoms with Gasteiger partial charge in [-0.25, -0.2) is 4.39 Å². The van der Waals surface area contributed by atoms with E-state index >= 15 is 4.39 Å². The molecule has 5 rings (SSSR count). The first-order chi connectivity index (χ1) is 14.9. The van der Waals surface area contributed by atoms with E-state index in [0.29, 0.717) is 30.2 Å². The molecule has 0 radical (unpaired) electrons. The number of nitrogens with zero attached hydrogens (tertiary/aromatic N) is 4. The van der Waals surface area contributed by atoms with Crippen molar-refractivity contribution in [2.45, 2.75) is 45.1 Å². The number of rotatable bonds is 4. The highest BCUT2D eigenvalue weighted by atomic mass is 19.1. The van der Waals surface area contributed by atoms with Gasteiger partial charge in [0.25, 0.3) is 5.91 Å². The van der Waals surface area contributed by atoms with Gasteiger partial charge in [-0.05, 0) is 56.0 Å². The number of nitrogens with one attached hydrogen (secondary N) is 1. The molecule has 166 valence electrons. The summed E-state index contributed by atoms with van der Waals surface area (Å²) in [6.07, 6.45) is 3.03. The van der Waals surface area contributed by atoms with E-state index in [9.17, 15) is 4.79 Å². The van der Waals surface area contributed by atoms with Crippen LogP contribution in [0.15, 0.2) is 17.2 Å². The van der Waals surface area contributed by atoms with Crippen molar-refractivity contribution in [2.24, 2.45) is 11.0 Å². The molecule has 1 aromatic heterocycles. The number of carbonyl (C=O) groups excluding carboxylic acids is 1. The number of likely N-dealkylation sites (N-methyl/N-ethyl adjacent to an activating group) is 2. The Kier molecular flexibility index (Phi) is 5.04. The van der Waals surface area contributed by atoms with Crippen LogP contribution in [-0.4, -0.2) is 77.7 Å². The molecular weight excluding hydrogens is 393 g/mol. The van der Waals surface area contributed by atoms with Crippen LogP contribution in [0.3, 0.4) is 0 Å². The topological polar surface area (TPSA) is 54.9 Å². The van der Waals surface area contributed by atoms with E-state index in [1.165, 1.54) is 5.56 Å². The summed E-state index contributed by atoms with van der Waals surface area (Å²) in [5.41, 5.74) is 2.86. The highest BCUT2D eigenvalue weighted by Crippen LogP contribution is 2.37. The summed E-state index contributed by atoms with van der Waals surface area (Å²) >= 11 is 0. The van der Waals surface area contributed by atoms with Crippen LogP contribution < -0.4 is 0 Å². The Morgan fingerprint density at radius 3 is 2.77 bits per heavy atom. The van der Waals surface area contributed by atoms with Crippen molar-refractivity contribution in [1.82, 2.24) is 19.8 Å². The molecule has 2 aromatic rings. The molecule has 31 heavy (non-hydrogen) atoms. The van der Waals surface area contributed by atoms with Crippen LogP contribution in [0, 0.1) is 11.7 Å². The highest BCUT2D eigenvalue weighted by Gasteiger charge is 2.41. The van der Waals surface area contributed by atoms with Crippen molar-refractivity contribution in [3.05, 3.63) is 34.8 Å². The zero-order chi connectivity index (χ0) is 21.9. The molecule has 7 heteroatoms. The first-order valence-corrected chi connectivity index (χ1v) is 11.5. The standard InChI is InChI=1S/C24H32FN5O/c1-5-30-21-13-29(12-16(21)10-26-30)24(31)20-9-19-18(15-6-7-28(4)11-15)8-17(14(2)3)22(25)23(19)27-20/h8-10,14-16,21,27H,5-7,11-13H2,1-4H3. The average molecular weight is 426 g/mol. The SMILES string of the molecule is CCN1N=CC2CN(C(=O)c3cc4c(C5CCN(C)C5)cc(C(C)C)c(F)c4[nH]3)CC21. The average Bonchev–Trinajstić information content (AvgIpc) is 3.50. The van der Waals surface area contributed by atoms with Gasteiger partial charge in [0.15, 0.2) is 5.82 Å². The Balaban J connectivity index is 1.51. The molecule has 1 amide bonds. The van der Waals surface area contributed by atoms with Gasteiger partial charge in [-0.1, -0.05) is 19.9 Å². The summed E-state index contributed by atoms with van der Waals surface area (Å²) in [6, 6.07) is 4.19. The summed E-state index contributed by atoms with van der Waals surface area (Å²) in [7, 11) is 2.13. The lowest BCUT2D eigenvalue weighted by molar-refractivity contribution is 0.0771. The van der Waals surface area contributed by atoms with Crippen LogP contribution in [0.25, 0.3) is 10.9 Å². The molecule has 1 N–H and O–H groups in total. The largest absolute Gasteiger partial charge is 0.348 e. The minimum atomic E-state index is -0.221. The molecule has 6 nitrogen and oxygen atoms in total. The van der Waals surface area contributed by atoms with E-state index in [1.807, 2.05) is 37.1 Å². The Hall–Kier alpha value is -2.41. The third-order valence-corrected chi connectivity index (χ3v) is 7.33. The number of H-pyrrole nitrogens is 1. The predicted octanol–water partition coefficient (Wildman–Crippen LogP) is 3.61. The van der Waals surface area contributed by atoms with E-state index in [0.717, 1.165) is 37.0 Å². The predicted molar refractivity (Wildman–Crippen MR) is 121 cm³/mol. The summed E-state index contributed by atoms with van der Waals surface area (Å²) < 4.78 is 15.4. The molecule has 3 atom stereocenters. The lowest BCUT2D eigenvalue weighted by Crippen LogP contribution is -2.35. The van der Waals surface area contributed by atoms with Gasteiger partial charge in [0, 0.05) is 43.7 Å². The van der Waals surface area contributed by atoms with Crippen molar-refractivity contribution in [2.75, 3.05) is 39.8 Å². The monoisotopic (exact) mass is 425 g/mol. The minimum absolute atomic E-state index is 0.0463. The number of likely N-dealkylation sites (tertiary alicyclic amines) is 2. The van der Waals surface area contributed by atoms with E-state index in [2.05, 4.69) is 34.0 Å². The summed E-state index contributed by atoms with van der Waals surface area (Å²) in [5.74, 6) is 0.464. The van der Waals surface area contributed by atoms with E-state index in [1.54, 1.807) is 0 Å². The quantitative estimate of drug-likeness (QED) is 0.814. The molecule has 1 aromatic carbocycles. The zero-order valence-corrected chi connectivity index (χ0v) is 18.9. The molecule has 0 saturated carbocycles. The summed E-state index contributed by atoms with van der Waals surface area (Å²) in [4.78, 5) is 20.7. The smallest absolute Gasteiger partial charge is 0.270 e. The molecule has 4 heterocycles. The molecular formula is C24H32FN5O. The summed E-state index contributed by atoms with van der Waals surface area (Å²) in [5, 5.41) is 7.37. The maximum absolute atomic E-state index is 15.4. The fourth-order valence-electron chi connectivity index (χ4n) is 5.55. The maximum Gasteiger partial charge on any atom is 0.270 e. The third-order valence-electron chi connectivity index (χ3n) is 7.33. The second-order valence-corrected chi connectivity index (χ2v) is 9.70. The number of benzene rings is 1. The van der Waals surface area contributed by atoms with E-state index < -0.39 is 0 Å². The van der Waals surface area contributed by atoms with Crippen molar-refractivity contribution in [3.63, 3.8) is 0 Å². The van der Waals surface area contributed by atoms with Gasteiger partial charge in [-0.3, -0.25) is 9.80 Å². The third kappa shape index (κ3) is 3.34. The van der Waals surface area contributed by atoms with Crippen molar-refractivity contribution >= 4 is 23.0 Å². The normalized spacial score (nSPS) is 26.1. The van der Waals surface area contributed by atoms with Crippen molar-refractivity contribution in [3.8, 4) is 0 Å². The summed E-state index contributed by atoms with van der Waals surface area (Å²) in [6.45, 7) is 10.3. The van der Waals surface area contributed by atoms with Gasteiger partial charge >= 0.3 is 0 Å². The molecule has 3 aliphatic rings. The first kappa shape index (κ1) is 20.5. The second-order valence-electron chi connectivity index (χ2n) is 9.70. The molecule has 0 bridgehead atoms. The lowest BCUT2D eigenvalue weighted by Gasteiger charge is -2.22. The fraction of sp³-hybridized carbons (Fsp3) is 0.583. The Morgan fingerprint density at radius 1 is 1.29 bits per heavy atom. The van der Waals surface area contributed by atoms with Crippen LogP contribution >= 0.6 is 0 Å². The second kappa shape index (κ2) is 7.62. The number of aromatic amines is 1. The van der Waals surface area contributed by atoms with Crippen LogP contribution in [0.1, 0.15) is 60.6 Å². The molecule has 0 aliphatic carbocycles. The molecule has 3 aliphatic heterocycles. The van der Waals surface area contributed by atoms with Crippen LogP contribution in [-0.2, 0) is 0 Å². The minimum Gasteiger partial charge on any atom is -0.348 e. The number of amides is 1. The molecule has 0 spiro atoms. The maximum atomic E-state index is 15.4. The van der Waals surface area contributed by atoms with Gasteiger partial charge < -0.3 is 14.8 Å². The van der Waals surface area contributed by atoms with Gasteiger partial charge in [-0.15, -0.1) is 0 Å². The van der Waals surface area contributed by atoms with Crippen molar-refractivity contribution < 1.29 is 9.18 Å². The number of carbonyl (C=O) groups is 1. The van der Waals surface area contributed by atoms with Crippen molar-refractivity contribution in [1.29, 1.82) is 0 Å². The Labute approximate surface area is 183 Å². The fourth-order valence-corrected chi connectivity index (χ4v) is 5.55. The van der Waals surface area contributed by atoms with Gasteiger partial charge in [0.05, 0.1) is 11.6 Å². The van der Waals surface area contributed by atoms with E-state index in [4.69, 9.17) is 0 Å². The molecule has 2 saturated heterocycles. The number of aromatic nitrogens is 1. The number of halogens is 1. The number of hydrogen-bond acceptors (Lipinski definition) is 4. The number of hydrazone groups is 1. The molecule has 2 fully saturated rings.